The van der Waals surface area contributed by atoms with Gasteiger partial charge in [-0.2, -0.15) is 4.31 Å². The number of hydrogen-bond acceptors (Lipinski definition) is 3. The molecule has 0 atom stereocenters. The maximum Gasteiger partial charge on any atom is 0.243 e. The van der Waals surface area contributed by atoms with Crippen molar-refractivity contribution in [3.8, 4) is 0 Å². The Hall–Kier alpha value is -1.89. The molecule has 3 rings (SSSR count). The number of hydrogen-bond donors (Lipinski definition) is 0. The largest absolute Gasteiger partial charge is 0.340 e. The first-order valence-corrected chi connectivity index (χ1v) is 9.86. The third kappa shape index (κ3) is 4.21. The molecule has 25 heavy (non-hydrogen) atoms. The Labute approximate surface area is 152 Å². The monoisotopic (exact) mass is 378 g/mol. The van der Waals surface area contributed by atoms with Crippen LogP contribution in [0.1, 0.15) is 5.56 Å². The van der Waals surface area contributed by atoms with Gasteiger partial charge in [-0.3, -0.25) is 4.79 Å². The second kappa shape index (κ2) is 7.56. The maximum absolute atomic E-state index is 12.6. The smallest absolute Gasteiger partial charge is 0.243 e. The molecular formula is C18H19ClN2O3S. The highest BCUT2D eigenvalue weighted by atomic mass is 35.5. The Balaban J connectivity index is 1.60. The summed E-state index contributed by atoms with van der Waals surface area (Å²) in [6.07, 6.45) is 0.294. The molecule has 2 aromatic rings. The van der Waals surface area contributed by atoms with Crippen LogP contribution in [0.4, 0.5) is 0 Å². The Morgan fingerprint density at radius 1 is 0.920 bits per heavy atom. The van der Waals surface area contributed by atoms with E-state index in [2.05, 4.69) is 0 Å². The molecule has 0 bridgehead atoms. The van der Waals surface area contributed by atoms with Crippen LogP contribution in [0.15, 0.2) is 59.5 Å². The predicted molar refractivity (Wildman–Crippen MR) is 96.9 cm³/mol. The van der Waals surface area contributed by atoms with Gasteiger partial charge in [0, 0.05) is 31.2 Å². The SMILES string of the molecule is O=C(Cc1ccc(Cl)cc1)N1CCN(S(=O)(=O)c2ccccc2)CC1. The molecule has 1 aliphatic rings. The van der Waals surface area contributed by atoms with Crippen LogP contribution in [0.5, 0.6) is 0 Å². The number of piperazine rings is 1. The van der Waals surface area contributed by atoms with Crippen LogP contribution in [0.3, 0.4) is 0 Å². The second-order valence-corrected chi connectivity index (χ2v) is 8.28. The van der Waals surface area contributed by atoms with Gasteiger partial charge in [0.15, 0.2) is 0 Å². The molecule has 0 spiro atoms. The van der Waals surface area contributed by atoms with E-state index in [1.807, 2.05) is 12.1 Å². The van der Waals surface area contributed by atoms with Gasteiger partial charge in [-0.25, -0.2) is 8.42 Å². The number of carbonyl (C=O) groups is 1. The van der Waals surface area contributed by atoms with Gasteiger partial charge in [-0.1, -0.05) is 41.9 Å². The summed E-state index contributed by atoms with van der Waals surface area (Å²) in [5.74, 6) is -0.000850. The molecule has 132 valence electrons. The fraction of sp³-hybridized carbons (Fsp3) is 0.278. The Kier molecular flexibility index (Phi) is 5.42. The molecule has 1 amide bonds. The number of benzene rings is 2. The summed E-state index contributed by atoms with van der Waals surface area (Å²) in [5.41, 5.74) is 0.897. The van der Waals surface area contributed by atoms with Crippen molar-refractivity contribution in [2.24, 2.45) is 0 Å². The summed E-state index contributed by atoms with van der Waals surface area (Å²) in [6, 6.07) is 15.6. The van der Waals surface area contributed by atoms with Crippen molar-refractivity contribution in [1.82, 2.24) is 9.21 Å². The highest BCUT2D eigenvalue weighted by Crippen LogP contribution is 2.18. The fourth-order valence-corrected chi connectivity index (χ4v) is 4.38. The van der Waals surface area contributed by atoms with Crippen molar-refractivity contribution in [3.63, 3.8) is 0 Å². The van der Waals surface area contributed by atoms with E-state index in [1.165, 1.54) is 4.31 Å². The van der Waals surface area contributed by atoms with E-state index in [9.17, 15) is 13.2 Å². The third-order valence-electron chi connectivity index (χ3n) is 4.24. The minimum atomic E-state index is -3.49. The number of nitrogens with zero attached hydrogens (tertiary/aromatic N) is 2. The van der Waals surface area contributed by atoms with E-state index in [0.29, 0.717) is 37.6 Å². The summed E-state index contributed by atoms with van der Waals surface area (Å²) in [5, 5.41) is 0.635. The minimum absolute atomic E-state index is 0.000850. The molecule has 1 fully saturated rings. The average molecular weight is 379 g/mol. The van der Waals surface area contributed by atoms with Crippen molar-refractivity contribution in [2.75, 3.05) is 26.2 Å². The Morgan fingerprint density at radius 2 is 1.52 bits per heavy atom. The molecule has 0 N–H and O–H groups in total. The lowest BCUT2D eigenvalue weighted by atomic mass is 10.1. The summed E-state index contributed by atoms with van der Waals surface area (Å²) in [7, 11) is -3.49. The van der Waals surface area contributed by atoms with Gasteiger partial charge in [-0.15, -0.1) is 0 Å². The second-order valence-electron chi connectivity index (χ2n) is 5.90. The molecule has 0 unspecified atom stereocenters. The molecule has 2 aromatic carbocycles. The lowest BCUT2D eigenvalue weighted by Gasteiger charge is -2.34. The van der Waals surface area contributed by atoms with Gasteiger partial charge in [0.2, 0.25) is 15.9 Å². The Bertz CT molecular complexity index is 830. The van der Waals surface area contributed by atoms with Crippen molar-refractivity contribution >= 4 is 27.5 Å². The summed E-state index contributed by atoms with van der Waals surface area (Å²) in [4.78, 5) is 14.4. The minimum Gasteiger partial charge on any atom is -0.340 e. The summed E-state index contributed by atoms with van der Waals surface area (Å²) in [6.45, 7) is 1.42. The van der Waals surface area contributed by atoms with E-state index in [-0.39, 0.29) is 10.8 Å². The molecule has 0 aromatic heterocycles. The zero-order chi connectivity index (χ0) is 17.9. The van der Waals surface area contributed by atoms with Crippen molar-refractivity contribution in [1.29, 1.82) is 0 Å². The lowest BCUT2D eigenvalue weighted by molar-refractivity contribution is -0.131. The van der Waals surface area contributed by atoms with Crippen LogP contribution in [0, 0.1) is 0 Å². The molecule has 1 aliphatic heterocycles. The third-order valence-corrected chi connectivity index (χ3v) is 6.41. The van der Waals surface area contributed by atoms with Gasteiger partial charge in [-0.05, 0) is 29.8 Å². The lowest BCUT2D eigenvalue weighted by Crippen LogP contribution is -2.50. The van der Waals surface area contributed by atoms with E-state index < -0.39 is 10.0 Å². The van der Waals surface area contributed by atoms with E-state index in [4.69, 9.17) is 11.6 Å². The summed E-state index contributed by atoms with van der Waals surface area (Å²) < 4.78 is 26.6. The van der Waals surface area contributed by atoms with E-state index in [1.54, 1.807) is 47.4 Å². The first-order valence-electron chi connectivity index (χ1n) is 8.04. The zero-order valence-electron chi connectivity index (χ0n) is 13.6. The van der Waals surface area contributed by atoms with E-state index >= 15 is 0 Å². The highest BCUT2D eigenvalue weighted by molar-refractivity contribution is 7.89. The first-order chi connectivity index (χ1) is 12.0. The molecule has 0 aliphatic carbocycles. The highest BCUT2D eigenvalue weighted by Gasteiger charge is 2.29. The number of carbonyl (C=O) groups excluding carboxylic acids is 1. The van der Waals surface area contributed by atoms with Crippen molar-refractivity contribution in [3.05, 3.63) is 65.2 Å². The molecule has 5 nitrogen and oxygen atoms in total. The topological polar surface area (TPSA) is 57.7 Å². The molecule has 0 saturated carbocycles. The average Bonchev–Trinajstić information content (AvgIpc) is 2.64. The molecule has 7 heteroatoms. The van der Waals surface area contributed by atoms with Crippen molar-refractivity contribution in [2.45, 2.75) is 11.3 Å². The number of halogens is 1. The number of sulfonamides is 1. The van der Waals surface area contributed by atoms with Crippen LogP contribution < -0.4 is 0 Å². The predicted octanol–water partition coefficient (Wildman–Crippen LogP) is 2.42. The fourth-order valence-electron chi connectivity index (χ4n) is 2.81. The van der Waals surface area contributed by atoms with Crippen LogP contribution in [-0.4, -0.2) is 49.7 Å². The van der Waals surface area contributed by atoms with Gasteiger partial charge in [0.1, 0.15) is 0 Å². The van der Waals surface area contributed by atoms with Crippen molar-refractivity contribution < 1.29 is 13.2 Å². The summed E-state index contributed by atoms with van der Waals surface area (Å²) >= 11 is 5.85. The number of rotatable bonds is 4. The van der Waals surface area contributed by atoms with Crippen LogP contribution in [-0.2, 0) is 21.2 Å². The van der Waals surface area contributed by atoms with Crippen LogP contribution in [0.25, 0.3) is 0 Å². The van der Waals surface area contributed by atoms with Crippen LogP contribution >= 0.6 is 11.6 Å². The zero-order valence-corrected chi connectivity index (χ0v) is 15.2. The number of amides is 1. The molecule has 0 radical (unpaired) electrons. The van der Waals surface area contributed by atoms with Gasteiger partial charge in [0.25, 0.3) is 0 Å². The standard InChI is InChI=1S/C18H19ClN2O3S/c19-16-8-6-15(7-9-16)14-18(22)20-10-12-21(13-11-20)25(23,24)17-4-2-1-3-5-17/h1-9H,10-14H2. The van der Waals surface area contributed by atoms with Gasteiger partial charge >= 0.3 is 0 Å². The van der Waals surface area contributed by atoms with Crippen LogP contribution in [0.2, 0.25) is 5.02 Å². The molecule has 1 saturated heterocycles. The quantitative estimate of drug-likeness (QED) is 0.821. The molecule has 1 heterocycles. The van der Waals surface area contributed by atoms with E-state index in [0.717, 1.165) is 5.56 Å². The van der Waals surface area contributed by atoms with Gasteiger partial charge < -0.3 is 4.90 Å². The normalized spacial score (nSPS) is 16.0. The molecular weight excluding hydrogens is 360 g/mol. The Morgan fingerprint density at radius 3 is 2.12 bits per heavy atom. The first kappa shape index (κ1) is 17.9. The van der Waals surface area contributed by atoms with Gasteiger partial charge in [0.05, 0.1) is 11.3 Å². The maximum atomic E-state index is 12.6.